The molecule has 0 unspecified atom stereocenters. The van der Waals surface area contributed by atoms with Crippen molar-refractivity contribution < 1.29 is 43.2 Å². The Labute approximate surface area is 122 Å². The Bertz CT molecular complexity index is 462. The Balaban J connectivity index is -0.000000103. The van der Waals surface area contributed by atoms with E-state index in [1.54, 1.807) is 6.07 Å². The fourth-order valence-corrected chi connectivity index (χ4v) is 0. The van der Waals surface area contributed by atoms with Crippen LogP contribution in [-0.4, -0.2) is 46.7 Å². The van der Waals surface area contributed by atoms with Crippen molar-refractivity contribution in [3.63, 3.8) is 0 Å². The molecule has 1 radical (unpaired) electrons. The van der Waals surface area contributed by atoms with Crippen molar-refractivity contribution >= 4 is 38.9 Å². The predicted octanol–water partition coefficient (Wildman–Crippen LogP) is -0.262. The van der Waals surface area contributed by atoms with E-state index in [1.807, 2.05) is 0 Å². The summed E-state index contributed by atoms with van der Waals surface area (Å²) in [5, 5.41) is 14.6. The zero-order chi connectivity index (χ0) is 16.7. The molecule has 0 fully saturated rings. The van der Waals surface area contributed by atoms with Gasteiger partial charge >= 0.3 is 31.1 Å². The Morgan fingerprint density at radius 2 is 0.900 bits per heavy atom. The summed E-state index contributed by atoms with van der Waals surface area (Å²) in [6, 6.07) is 1.75. The third kappa shape index (κ3) is 15.5. The van der Waals surface area contributed by atoms with Gasteiger partial charge in [0.1, 0.15) is 0 Å². The van der Waals surface area contributed by atoms with E-state index in [1.165, 1.54) is 6.92 Å². The van der Waals surface area contributed by atoms with Crippen molar-refractivity contribution in [2.24, 2.45) is 10.3 Å². The molecule has 0 rings (SSSR count). The van der Waals surface area contributed by atoms with Crippen LogP contribution in [0.2, 0.25) is 0 Å². The van der Waals surface area contributed by atoms with Gasteiger partial charge in [0.2, 0.25) is 0 Å². The average molecular weight is 346 g/mol. The van der Waals surface area contributed by atoms with E-state index in [0.29, 0.717) is 0 Å². The van der Waals surface area contributed by atoms with Gasteiger partial charge in [-0.3, -0.25) is 0 Å². The topological polar surface area (TPSA) is 144 Å². The smallest absolute Gasteiger partial charge is 0.221 e. The first kappa shape index (κ1) is 27.8. The molecular formula is C4H7F6LiN3O4S2. The third-order valence-corrected chi connectivity index (χ3v) is 1.94. The van der Waals surface area contributed by atoms with Gasteiger partial charge < -0.3 is 0 Å². The number of alkyl halides is 6. The number of halogens is 6. The van der Waals surface area contributed by atoms with Crippen molar-refractivity contribution in [2.45, 2.75) is 17.9 Å². The molecule has 7 nitrogen and oxygen atoms in total. The third-order valence-electron chi connectivity index (χ3n) is 0.645. The predicted molar refractivity (Wildman–Crippen MR) is 55.4 cm³/mol. The first-order valence-electron chi connectivity index (χ1n) is 3.40. The fraction of sp³-hybridized carbons (Fsp3) is 0.750. The Kier molecular flexibility index (Phi) is 13.1. The Hall–Kier alpha value is -0.513. The molecule has 0 aromatic carbocycles. The molecule has 0 amide bonds. The quantitative estimate of drug-likeness (QED) is 0.458. The summed E-state index contributed by atoms with van der Waals surface area (Å²) < 4.78 is 102. The summed E-state index contributed by atoms with van der Waals surface area (Å²) in [6.45, 7) is 1.43. The molecule has 0 aliphatic rings. The maximum absolute atomic E-state index is 10.8. The minimum absolute atomic E-state index is 0. The molecule has 0 bridgehead atoms. The normalized spacial score (nSPS) is 11.6. The molecule has 0 aliphatic heterocycles. The van der Waals surface area contributed by atoms with E-state index in [2.05, 4.69) is 10.3 Å². The first-order chi connectivity index (χ1) is 7.91. The molecule has 4 N–H and O–H groups in total. The molecule has 0 saturated carbocycles. The molecule has 0 heterocycles. The number of nitrogens with two attached hydrogens (primary N) is 2. The van der Waals surface area contributed by atoms with E-state index in [-0.39, 0.29) is 18.9 Å². The Morgan fingerprint density at radius 1 is 0.850 bits per heavy atom. The molecule has 0 aliphatic carbocycles. The zero-order valence-electron chi connectivity index (χ0n) is 9.82. The van der Waals surface area contributed by atoms with Crippen LogP contribution >= 0.6 is 0 Å². The Morgan fingerprint density at radius 3 is 0.900 bits per heavy atom. The van der Waals surface area contributed by atoms with Crippen molar-refractivity contribution in [3.05, 3.63) is 0 Å². The summed E-state index contributed by atoms with van der Waals surface area (Å²) >= 11 is 0. The second kappa shape index (κ2) is 9.43. The van der Waals surface area contributed by atoms with Gasteiger partial charge in [-0.25, -0.2) is 27.1 Å². The average Bonchev–Trinajstić information content (AvgIpc) is 1.97. The van der Waals surface area contributed by atoms with Gasteiger partial charge in [0.15, 0.2) is 0 Å². The molecule has 0 saturated heterocycles. The van der Waals surface area contributed by atoms with Crippen LogP contribution in [0.4, 0.5) is 26.3 Å². The van der Waals surface area contributed by atoms with E-state index in [9.17, 15) is 43.2 Å². The number of hydrogen-bond donors (Lipinski definition) is 2. The second-order valence-electron chi connectivity index (χ2n) is 2.21. The number of primary sulfonamides is 2. The number of hydrogen-bond acceptors (Lipinski definition) is 5. The molecule has 0 aromatic rings. The van der Waals surface area contributed by atoms with E-state index >= 15 is 0 Å². The van der Waals surface area contributed by atoms with Gasteiger partial charge in [0.25, 0.3) is 0 Å². The molecule has 16 heteroatoms. The number of nitriles is 1. The fourth-order valence-electron chi connectivity index (χ4n) is 0. The molecule has 117 valence electrons. The summed E-state index contributed by atoms with van der Waals surface area (Å²) in [5.74, 6) is 0. The maximum Gasteiger partial charge on any atom is 0.511 e. The van der Waals surface area contributed by atoms with Crippen molar-refractivity contribution in [1.29, 1.82) is 5.26 Å². The van der Waals surface area contributed by atoms with Crippen molar-refractivity contribution in [1.82, 2.24) is 0 Å². The number of nitrogens with zero attached hydrogens (tertiary/aromatic N) is 1. The monoisotopic (exact) mass is 346 g/mol. The van der Waals surface area contributed by atoms with Gasteiger partial charge in [0, 0.05) is 25.8 Å². The van der Waals surface area contributed by atoms with Crippen LogP contribution in [-0.2, 0) is 20.0 Å². The number of rotatable bonds is 0. The minimum atomic E-state index is -5.34. The van der Waals surface area contributed by atoms with Gasteiger partial charge in [-0.1, -0.05) is 0 Å². The van der Waals surface area contributed by atoms with Crippen LogP contribution in [0.5, 0.6) is 0 Å². The summed E-state index contributed by atoms with van der Waals surface area (Å²) in [4.78, 5) is 0. The van der Waals surface area contributed by atoms with Crippen LogP contribution in [0, 0.1) is 11.3 Å². The van der Waals surface area contributed by atoms with Crippen LogP contribution in [0.25, 0.3) is 0 Å². The van der Waals surface area contributed by atoms with Gasteiger partial charge in [-0.05, 0) is 0 Å². The van der Waals surface area contributed by atoms with E-state index in [0.717, 1.165) is 0 Å². The largest absolute Gasteiger partial charge is 0.511 e. The second-order valence-corrected chi connectivity index (χ2v) is 5.31. The SMILES string of the molecule is CC#N.NS(=O)(=O)C(F)(F)F.NS(=O)(=O)C(F)(F)F.[Li]. The summed E-state index contributed by atoms with van der Waals surface area (Å²) in [6.07, 6.45) is 0. The van der Waals surface area contributed by atoms with Crippen LogP contribution in [0.15, 0.2) is 0 Å². The molecule has 0 spiro atoms. The van der Waals surface area contributed by atoms with E-state index in [4.69, 9.17) is 5.26 Å². The number of sulfonamides is 2. The zero-order valence-corrected chi connectivity index (χ0v) is 11.5. The summed E-state index contributed by atoms with van der Waals surface area (Å²) in [5.41, 5.74) is -10.6. The van der Waals surface area contributed by atoms with Gasteiger partial charge in [-0.2, -0.15) is 31.6 Å². The van der Waals surface area contributed by atoms with Crippen LogP contribution < -0.4 is 10.3 Å². The van der Waals surface area contributed by atoms with Gasteiger partial charge in [0.05, 0.1) is 6.07 Å². The van der Waals surface area contributed by atoms with E-state index < -0.39 is 31.1 Å². The molecule has 0 atom stereocenters. The molecular weight excluding hydrogens is 339 g/mol. The molecule has 20 heavy (non-hydrogen) atoms. The first-order valence-corrected chi connectivity index (χ1v) is 6.50. The summed E-state index contributed by atoms with van der Waals surface area (Å²) in [7, 11) is -10.7. The minimum Gasteiger partial charge on any atom is -0.221 e. The van der Waals surface area contributed by atoms with Gasteiger partial charge in [-0.15, -0.1) is 0 Å². The van der Waals surface area contributed by atoms with Crippen molar-refractivity contribution in [2.75, 3.05) is 0 Å². The van der Waals surface area contributed by atoms with Crippen molar-refractivity contribution in [3.8, 4) is 6.07 Å². The van der Waals surface area contributed by atoms with Crippen LogP contribution in [0.3, 0.4) is 0 Å². The molecule has 0 aromatic heterocycles. The maximum atomic E-state index is 10.8. The standard InChI is InChI=1S/C2H3N.2CH2F3NO2S.Li/c1-2-3;2*2-1(3,4)8(5,6)7;/h1H3;2*(H2,5,6,7);. The van der Waals surface area contributed by atoms with Crippen LogP contribution in [0.1, 0.15) is 6.92 Å².